The number of piperidine rings is 1. The van der Waals surface area contributed by atoms with Gasteiger partial charge in [-0.05, 0) is 48.6 Å². The smallest absolute Gasteiger partial charge is 0.254 e. The number of nitrogens with zero attached hydrogens (tertiary/aromatic N) is 1. The molecule has 2 N–H and O–H groups in total. The van der Waals surface area contributed by atoms with Crippen LogP contribution in [0.25, 0.3) is 0 Å². The fourth-order valence-electron chi connectivity index (χ4n) is 3.37. The molecule has 1 aliphatic heterocycles. The first-order valence-electron chi connectivity index (χ1n) is 8.81. The van der Waals surface area contributed by atoms with Crippen molar-refractivity contribution in [2.75, 3.05) is 6.54 Å². The van der Waals surface area contributed by atoms with Crippen molar-refractivity contribution in [3.8, 4) is 0 Å². The van der Waals surface area contributed by atoms with Crippen molar-refractivity contribution in [3.63, 3.8) is 0 Å². The summed E-state index contributed by atoms with van der Waals surface area (Å²) in [5, 5.41) is 0. The van der Waals surface area contributed by atoms with Crippen molar-refractivity contribution >= 4 is 18.3 Å². The molecule has 2 heterocycles. The van der Waals surface area contributed by atoms with E-state index in [-0.39, 0.29) is 24.4 Å². The monoisotopic (exact) mass is 362 g/mol. The maximum atomic E-state index is 13.0. The zero-order valence-corrected chi connectivity index (χ0v) is 15.7. The molecule has 0 bridgehead atoms. The van der Waals surface area contributed by atoms with E-state index in [1.165, 1.54) is 0 Å². The lowest BCUT2D eigenvalue weighted by atomic mass is 9.90. The van der Waals surface area contributed by atoms with E-state index >= 15 is 0 Å². The Labute approximate surface area is 155 Å². The number of aryl methyl sites for hydroxylation is 1. The summed E-state index contributed by atoms with van der Waals surface area (Å²) in [5.41, 5.74) is 7.39. The molecule has 3 rings (SSSR count). The molecule has 5 heteroatoms. The zero-order chi connectivity index (χ0) is 17.1. The predicted molar refractivity (Wildman–Crippen MR) is 102 cm³/mol. The lowest BCUT2D eigenvalue weighted by Crippen LogP contribution is -2.40. The Balaban J connectivity index is 0.00000225. The van der Waals surface area contributed by atoms with Gasteiger partial charge in [-0.1, -0.05) is 26.0 Å². The minimum absolute atomic E-state index is 0. The molecule has 0 radical (unpaired) electrons. The van der Waals surface area contributed by atoms with Gasteiger partial charge >= 0.3 is 0 Å². The van der Waals surface area contributed by atoms with E-state index in [2.05, 4.69) is 13.8 Å². The van der Waals surface area contributed by atoms with Crippen LogP contribution in [0.15, 0.2) is 40.8 Å². The molecule has 1 aromatic carbocycles. The van der Waals surface area contributed by atoms with Gasteiger partial charge in [-0.15, -0.1) is 12.4 Å². The zero-order valence-electron chi connectivity index (χ0n) is 14.9. The van der Waals surface area contributed by atoms with Crippen LogP contribution in [0, 0.1) is 5.92 Å². The van der Waals surface area contributed by atoms with E-state index < -0.39 is 0 Å². The van der Waals surface area contributed by atoms with Gasteiger partial charge < -0.3 is 15.1 Å². The number of benzene rings is 1. The maximum Gasteiger partial charge on any atom is 0.254 e. The number of hydrogen-bond donors (Lipinski definition) is 1. The second kappa shape index (κ2) is 8.54. The molecular formula is C20H27ClN2O2. The van der Waals surface area contributed by atoms with Crippen molar-refractivity contribution < 1.29 is 9.21 Å². The maximum absolute atomic E-state index is 13.0. The summed E-state index contributed by atoms with van der Waals surface area (Å²) >= 11 is 0. The topological polar surface area (TPSA) is 59.5 Å². The number of rotatable bonds is 4. The lowest BCUT2D eigenvalue weighted by molar-refractivity contribution is 0.0519. The van der Waals surface area contributed by atoms with Gasteiger partial charge in [-0.25, -0.2) is 0 Å². The first-order chi connectivity index (χ1) is 11.6. The molecule has 1 aliphatic rings. The average Bonchev–Trinajstić information content (AvgIpc) is 3.10. The Kier molecular flexibility index (Phi) is 6.68. The van der Waals surface area contributed by atoms with E-state index in [0.717, 1.165) is 42.9 Å². The standard InChI is InChI=1S/C20H26N2O2.ClH/c1-3-17-8-9-19(24-17)18-12-14(2)10-11-22(18)20(23)16-6-4-15(13-21)5-7-16;/h4-9,14,18H,3,10-13,21H2,1-2H3;1H. The molecule has 2 aromatic rings. The summed E-state index contributed by atoms with van der Waals surface area (Å²) < 4.78 is 5.96. The quantitative estimate of drug-likeness (QED) is 0.880. The third-order valence-electron chi connectivity index (χ3n) is 4.92. The summed E-state index contributed by atoms with van der Waals surface area (Å²) in [6.07, 6.45) is 2.85. The minimum atomic E-state index is 0. The Morgan fingerprint density at radius 1 is 1.24 bits per heavy atom. The summed E-state index contributed by atoms with van der Waals surface area (Å²) in [6, 6.07) is 11.7. The van der Waals surface area contributed by atoms with Gasteiger partial charge in [0.05, 0.1) is 6.04 Å². The summed E-state index contributed by atoms with van der Waals surface area (Å²) in [5.74, 6) is 2.55. The Bertz CT molecular complexity index is 696. The van der Waals surface area contributed by atoms with E-state index in [4.69, 9.17) is 10.2 Å². The molecule has 0 aliphatic carbocycles. The number of nitrogens with two attached hydrogens (primary N) is 1. The van der Waals surface area contributed by atoms with Crippen LogP contribution in [0.2, 0.25) is 0 Å². The van der Waals surface area contributed by atoms with Gasteiger partial charge in [0, 0.05) is 25.1 Å². The number of halogens is 1. The van der Waals surface area contributed by atoms with E-state index in [0.29, 0.717) is 18.0 Å². The Morgan fingerprint density at radius 3 is 2.56 bits per heavy atom. The minimum Gasteiger partial charge on any atom is -0.464 e. The third-order valence-corrected chi connectivity index (χ3v) is 4.92. The van der Waals surface area contributed by atoms with Crippen molar-refractivity contribution in [3.05, 3.63) is 59.0 Å². The van der Waals surface area contributed by atoms with Crippen LogP contribution in [0.4, 0.5) is 0 Å². The third kappa shape index (κ3) is 4.25. The number of hydrogen-bond acceptors (Lipinski definition) is 3. The number of likely N-dealkylation sites (tertiary alicyclic amines) is 1. The second-order valence-electron chi connectivity index (χ2n) is 6.70. The van der Waals surface area contributed by atoms with E-state index in [1.807, 2.05) is 41.3 Å². The van der Waals surface area contributed by atoms with Crippen LogP contribution in [0.5, 0.6) is 0 Å². The fraction of sp³-hybridized carbons (Fsp3) is 0.450. The Morgan fingerprint density at radius 2 is 1.96 bits per heavy atom. The molecular weight excluding hydrogens is 336 g/mol. The number of furan rings is 1. The number of carbonyl (C=O) groups excluding carboxylic acids is 1. The van der Waals surface area contributed by atoms with Gasteiger partial charge in [0.2, 0.25) is 0 Å². The first-order valence-corrected chi connectivity index (χ1v) is 8.81. The Hall–Kier alpha value is -1.78. The lowest BCUT2D eigenvalue weighted by Gasteiger charge is -2.37. The average molecular weight is 363 g/mol. The fourth-order valence-corrected chi connectivity index (χ4v) is 3.37. The van der Waals surface area contributed by atoms with Crippen molar-refractivity contribution in [1.29, 1.82) is 0 Å². The highest BCUT2D eigenvalue weighted by Gasteiger charge is 2.33. The summed E-state index contributed by atoms with van der Waals surface area (Å²) in [7, 11) is 0. The van der Waals surface area contributed by atoms with Gasteiger partial charge in [-0.3, -0.25) is 4.79 Å². The highest BCUT2D eigenvalue weighted by Crippen LogP contribution is 2.36. The van der Waals surface area contributed by atoms with Crippen LogP contribution < -0.4 is 5.73 Å². The van der Waals surface area contributed by atoms with Crippen LogP contribution >= 0.6 is 12.4 Å². The molecule has 1 amide bonds. The SMILES string of the molecule is CCc1ccc(C2CC(C)CCN2C(=O)c2ccc(CN)cc2)o1.Cl. The molecule has 2 atom stereocenters. The van der Waals surface area contributed by atoms with Crippen LogP contribution in [0.1, 0.15) is 60.2 Å². The van der Waals surface area contributed by atoms with Crippen molar-refractivity contribution in [2.45, 2.75) is 45.7 Å². The van der Waals surface area contributed by atoms with Gasteiger partial charge in [0.25, 0.3) is 5.91 Å². The number of amides is 1. The molecule has 0 saturated carbocycles. The first kappa shape index (κ1) is 19.5. The van der Waals surface area contributed by atoms with Gasteiger partial charge in [0.1, 0.15) is 11.5 Å². The van der Waals surface area contributed by atoms with E-state index in [1.54, 1.807) is 0 Å². The normalized spacial score (nSPS) is 20.2. The van der Waals surface area contributed by atoms with Crippen molar-refractivity contribution in [1.82, 2.24) is 4.90 Å². The molecule has 136 valence electrons. The largest absolute Gasteiger partial charge is 0.464 e. The van der Waals surface area contributed by atoms with Crippen LogP contribution in [0.3, 0.4) is 0 Å². The molecule has 1 aromatic heterocycles. The highest BCUT2D eigenvalue weighted by molar-refractivity contribution is 5.94. The summed E-state index contributed by atoms with van der Waals surface area (Å²) in [4.78, 5) is 15.0. The molecule has 1 saturated heterocycles. The number of carbonyl (C=O) groups is 1. The molecule has 4 nitrogen and oxygen atoms in total. The van der Waals surface area contributed by atoms with E-state index in [9.17, 15) is 4.79 Å². The van der Waals surface area contributed by atoms with Crippen LogP contribution in [-0.4, -0.2) is 17.4 Å². The van der Waals surface area contributed by atoms with Crippen LogP contribution in [-0.2, 0) is 13.0 Å². The van der Waals surface area contributed by atoms with Gasteiger partial charge in [0.15, 0.2) is 0 Å². The molecule has 25 heavy (non-hydrogen) atoms. The molecule has 2 unspecified atom stereocenters. The predicted octanol–water partition coefficient (Wildman–Crippen LogP) is 4.34. The molecule has 0 spiro atoms. The van der Waals surface area contributed by atoms with Gasteiger partial charge in [-0.2, -0.15) is 0 Å². The summed E-state index contributed by atoms with van der Waals surface area (Å²) in [6.45, 7) is 5.58. The molecule has 1 fully saturated rings. The highest BCUT2D eigenvalue weighted by atomic mass is 35.5. The van der Waals surface area contributed by atoms with Crippen molar-refractivity contribution in [2.24, 2.45) is 11.7 Å². The second-order valence-corrected chi connectivity index (χ2v) is 6.70.